The van der Waals surface area contributed by atoms with Crippen LogP contribution in [0.2, 0.25) is 0 Å². The van der Waals surface area contributed by atoms with Crippen LogP contribution < -0.4 is 5.32 Å². The Hall–Kier alpha value is -0.530. The number of hydrogen-bond acceptors (Lipinski definition) is 1. The van der Waals surface area contributed by atoms with Gasteiger partial charge in [0.2, 0.25) is 0 Å². The Morgan fingerprint density at radius 1 is 1.24 bits per heavy atom. The molecule has 0 aliphatic heterocycles. The van der Waals surface area contributed by atoms with E-state index in [0.717, 1.165) is 19.0 Å². The summed E-state index contributed by atoms with van der Waals surface area (Å²) in [6.07, 6.45) is 5.02. The van der Waals surface area contributed by atoms with Crippen molar-refractivity contribution >= 4 is 11.6 Å². The van der Waals surface area contributed by atoms with Crippen molar-refractivity contribution < 1.29 is 0 Å². The monoisotopic (exact) mass is 251 g/mol. The highest BCUT2D eigenvalue weighted by Crippen LogP contribution is 2.27. The second-order valence-corrected chi connectivity index (χ2v) is 5.86. The minimum Gasteiger partial charge on any atom is -0.312 e. The Kier molecular flexibility index (Phi) is 4.87. The summed E-state index contributed by atoms with van der Waals surface area (Å²) < 4.78 is 0. The Morgan fingerprint density at radius 2 is 2.00 bits per heavy atom. The van der Waals surface area contributed by atoms with Gasteiger partial charge in [-0.3, -0.25) is 0 Å². The minimum atomic E-state index is 0.412. The minimum absolute atomic E-state index is 0.412. The van der Waals surface area contributed by atoms with Gasteiger partial charge in [0, 0.05) is 11.9 Å². The molecule has 2 unspecified atom stereocenters. The summed E-state index contributed by atoms with van der Waals surface area (Å²) in [7, 11) is 0. The number of hydrogen-bond donors (Lipinski definition) is 1. The number of halogens is 1. The molecule has 1 nitrogen and oxygen atoms in total. The first-order valence-corrected chi connectivity index (χ1v) is 7.08. The fraction of sp³-hybridized carbons (Fsp3) is 0.600. The van der Waals surface area contributed by atoms with Crippen molar-refractivity contribution in [3.05, 3.63) is 35.4 Å². The highest BCUT2D eigenvalue weighted by molar-refractivity contribution is 6.20. The molecule has 2 rings (SSSR count). The van der Waals surface area contributed by atoms with Crippen molar-refractivity contribution in [3.8, 4) is 0 Å². The van der Waals surface area contributed by atoms with Gasteiger partial charge in [-0.25, -0.2) is 0 Å². The lowest BCUT2D eigenvalue weighted by Crippen LogP contribution is -2.27. The van der Waals surface area contributed by atoms with Crippen molar-refractivity contribution in [2.45, 2.75) is 44.5 Å². The fourth-order valence-corrected chi connectivity index (χ4v) is 2.94. The number of benzene rings is 1. The van der Waals surface area contributed by atoms with Crippen LogP contribution in [0.1, 0.15) is 36.8 Å². The molecule has 1 N–H and O–H groups in total. The van der Waals surface area contributed by atoms with Crippen LogP contribution in [-0.2, 0) is 6.54 Å². The Labute approximate surface area is 110 Å². The van der Waals surface area contributed by atoms with Crippen LogP contribution in [0, 0.1) is 12.8 Å². The van der Waals surface area contributed by atoms with Crippen LogP contribution in [0.5, 0.6) is 0 Å². The van der Waals surface area contributed by atoms with Gasteiger partial charge in [0.05, 0.1) is 0 Å². The van der Waals surface area contributed by atoms with Crippen LogP contribution in [0.3, 0.4) is 0 Å². The average Bonchev–Trinajstić information content (AvgIpc) is 2.32. The van der Waals surface area contributed by atoms with Crippen molar-refractivity contribution in [2.24, 2.45) is 5.92 Å². The van der Waals surface area contributed by atoms with Gasteiger partial charge in [0.25, 0.3) is 0 Å². The summed E-state index contributed by atoms with van der Waals surface area (Å²) in [6.45, 7) is 4.21. The molecule has 17 heavy (non-hydrogen) atoms. The maximum absolute atomic E-state index is 6.20. The van der Waals surface area contributed by atoms with Crippen LogP contribution in [-0.4, -0.2) is 11.9 Å². The molecule has 1 aliphatic carbocycles. The number of alkyl halides is 1. The van der Waals surface area contributed by atoms with Gasteiger partial charge in [0.15, 0.2) is 0 Å². The van der Waals surface area contributed by atoms with E-state index in [-0.39, 0.29) is 0 Å². The molecule has 2 heteroatoms. The highest BCUT2D eigenvalue weighted by atomic mass is 35.5. The lowest BCUT2D eigenvalue weighted by atomic mass is 9.89. The highest BCUT2D eigenvalue weighted by Gasteiger charge is 2.19. The molecule has 0 spiro atoms. The molecular formula is C15H22ClN. The number of rotatable bonds is 4. The van der Waals surface area contributed by atoms with Crippen LogP contribution in [0.15, 0.2) is 24.3 Å². The van der Waals surface area contributed by atoms with Crippen molar-refractivity contribution in [1.82, 2.24) is 5.32 Å². The second kappa shape index (κ2) is 6.42. The molecule has 0 amide bonds. The summed E-state index contributed by atoms with van der Waals surface area (Å²) in [5, 5.41) is 3.96. The molecule has 0 heterocycles. The summed E-state index contributed by atoms with van der Waals surface area (Å²) in [6, 6.07) is 8.75. The molecule has 0 aromatic heterocycles. The zero-order valence-corrected chi connectivity index (χ0v) is 11.3. The summed E-state index contributed by atoms with van der Waals surface area (Å²) in [4.78, 5) is 0. The zero-order chi connectivity index (χ0) is 12.1. The lowest BCUT2D eigenvalue weighted by Gasteiger charge is -2.25. The molecule has 1 aromatic rings. The van der Waals surface area contributed by atoms with Gasteiger partial charge < -0.3 is 5.32 Å². The zero-order valence-electron chi connectivity index (χ0n) is 10.6. The van der Waals surface area contributed by atoms with E-state index in [0.29, 0.717) is 5.38 Å². The predicted octanol–water partition coefficient (Wildman–Crippen LogP) is 3.88. The third kappa shape index (κ3) is 4.33. The molecule has 2 atom stereocenters. The van der Waals surface area contributed by atoms with Crippen LogP contribution >= 0.6 is 11.6 Å². The first-order valence-electron chi connectivity index (χ1n) is 6.64. The van der Waals surface area contributed by atoms with E-state index < -0.39 is 0 Å². The molecule has 0 saturated heterocycles. The van der Waals surface area contributed by atoms with Gasteiger partial charge in [-0.05, 0) is 44.2 Å². The first-order chi connectivity index (χ1) is 8.24. The molecule has 1 fully saturated rings. The quantitative estimate of drug-likeness (QED) is 0.801. The fourth-order valence-electron chi connectivity index (χ4n) is 2.54. The van der Waals surface area contributed by atoms with Crippen molar-refractivity contribution in [3.63, 3.8) is 0 Å². The van der Waals surface area contributed by atoms with E-state index in [9.17, 15) is 0 Å². The summed E-state index contributed by atoms with van der Waals surface area (Å²) >= 11 is 6.20. The lowest BCUT2D eigenvalue weighted by molar-refractivity contribution is 0.346. The first kappa shape index (κ1) is 12.9. The van der Waals surface area contributed by atoms with Gasteiger partial charge in [0.1, 0.15) is 0 Å². The molecule has 0 bridgehead atoms. The van der Waals surface area contributed by atoms with E-state index in [1.807, 2.05) is 0 Å². The molecule has 94 valence electrons. The molecule has 0 radical (unpaired) electrons. The smallest absolute Gasteiger partial charge is 0.0339 e. The van der Waals surface area contributed by atoms with E-state index in [1.165, 1.54) is 36.8 Å². The number of nitrogens with one attached hydrogen (secondary N) is 1. The third-order valence-corrected chi connectivity index (χ3v) is 4.00. The Bertz CT molecular complexity index is 333. The Morgan fingerprint density at radius 3 is 2.71 bits per heavy atom. The standard InChI is InChI=1S/C15H22ClN/c1-12-5-7-13(8-6-12)10-17-11-14-3-2-4-15(16)9-14/h5-8,14-15,17H,2-4,9-11H2,1H3. The van der Waals surface area contributed by atoms with Gasteiger partial charge in [-0.2, -0.15) is 0 Å². The molecule has 1 aliphatic rings. The van der Waals surface area contributed by atoms with E-state index >= 15 is 0 Å². The van der Waals surface area contributed by atoms with E-state index in [2.05, 4.69) is 36.5 Å². The topological polar surface area (TPSA) is 12.0 Å². The van der Waals surface area contributed by atoms with Crippen molar-refractivity contribution in [1.29, 1.82) is 0 Å². The van der Waals surface area contributed by atoms with Gasteiger partial charge >= 0.3 is 0 Å². The Balaban J connectivity index is 1.70. The summed E-state index contributed by atoms with van der Waals surface area (Å²) in [5.74, 6) is 0.775. The van der Waals surface area contributed by atoms with Crippen molar-refractivity contribution in [2.75, 3.05) is 6.54 Å². The van der Waals surface area contributed by atoms with E-state index in [1.54, 1.807) is 0 Å². The maximum Gasteiger partial charge on any atom is 0.0339 e. The second-order valence-electron chi connectivity index (χ2n) is 5.25. The molecular weight excluding hydrogens is 230 g/mol. The van der Waals surface area contributed by atoms with E-state index in [4.69, 9.17) is 11.6 Å². The SMILES string of the molecule is Cc1ccc(CNCC2CCCC(Cl)C2)cc1. The maximum atomic E-state index is 6.20. The van der Waals surface area contributed by atoms with Crippen LogP contribution in [0.25, 0.3) is 0 Å². The van der Waals surface area contributed by atoms with Crippen LogP contribution in [0.4, 0.5) is 0 Å². The normalized spacial score (nSPS) is 24.8. The predicted molar refractivity (Wildman–Crippen MR) is 74.5 cm³/mol. The molecule has 1 aromatic carbocycles. The third-order valence-electron chi connectivity index (χ3n) is 3.60. The van der Waals surface area contributed by atoms with Gasteiger partial charge in [-0.15, -0.1) is 11.6 Å². The van der Waals surface area contributed by atoms with Gasteiger partial charge in [-0.1, -0.05) is 36.2 Å². The molecule has 1 saturated carbocycles. The largest absolute Gasteiger partial charge is 0.312 e. The average molecular weight is 252 g/mol. The number of aryl methyl sites for hydroxylation is 1. The summed E-state index contributed by atoms with van der Waals surface area (Å²) in [5.41, 5.74) is 2.69.